The van der Waals surface area contributed by atoms with E-state index in [1.165, 1.54) is 5.56 Å². The van der Waals surface area contributed by atoms with Gasteiger partial charge in [-0.25, -0.2) is 22.9 Å². The number of nitrogens with zero attached hydrogens (tertiary/aromatic N) is 1. The molecule has 0 unspecified atom stereocenters. The summed E-state index contributed by atoms with van der Waals surface area (Å²) in [5, 5.41) is 2.77. The Bertz CT molecular complexity index is 1090. The van der Waals surface area contributed by atoms with E-state index in [1.807, 2.05) is 22.9 Å². The van der Waals surface area contributed by atoms with Crippen LogP contribution in [0.15, 0.2) is 30.5 Å². The number of nitrogens with one attached hydrogen (secondary N) is 2. The molecule has 0 saturated heterocycles. The molecule has 2 aliphatic carbocycles. The van der Waals surface area contributed by atoms with Crippen LogP contribution in [0.4, 0.5) is 10.5 Å². The molecule has 2 aliphatic rings. The van der Waals surface area contributed by atoms with Crippen LogP contribution >= 0.6 is 0 Å². The van der Waals surface area contributed by atoms with E-state index in [9.17, 15) is 13.2 Å². The Kier molecular flexibility index (Phi) is 6.66. The number of carbonyl (C=O) groups is 1. The Balaban J connectivity index is 1.59. The van der Waals surface area contributed by atoms with Crippen LogP contribution in [0.2, 0.25) is 0 Å². The van der Waals surface area contributed by atoms with Crippen molar-refractivity contribution in [2.45, 2.75) is 57.2 Å². The van der Waals surface area contributed by atoms with Gasteiger partial charge in [0.1, 0.15) is 6.10 Å². The maximum Gasteiger partial charge on any atom is 0.332 e. The molecule has 4 rings (SSSR count). The molecular weight excluding hydrogens is 430 g/mol. The van der Waals surface area contributed by atoms with Crippen molar-refractivity contribution in [3.8, 4) is 17.0 Å². The third kappa shape index (κ3) is 5.39. The molecule has 32 heavy (non-hydrogen) atoms. The molecule has 2 amide bonds. The van der Waals surface area contributed by atoms with E-state index < -0.39 is 16.1 Å². The highest BCUT2D eigenvalue weighted by Gasteiger charge is 2.24. The lowest BCUT2D eigenvalue weighted by Gasteiger charge is -2.27. The first-order valence-corrected chi connectivity index (χ1v) is 12.8. The predicted octanol–water partition coefficient (Wildman–Crippen LogP) is 3.65. The smallest absolute Gasteiger partial charge is 0.332 e. The van der Waals surface area contributed by atoms with Crippen LogP contribution in [0.5, 0.6) is 5.88 Å². The monoisotopic (exact) mass is 459 g/mol. The van der Waals surface area contributed by atoms with Gasteiger partial charge >= 0.3 is 6.03 Å². The molecule has 172 valence electrons. The zero-order chi connectivity index (χ0) is 22.7. The largest absolute Gasteiger partial charge is 0.474 e. The van der Waals surface area contributed by atoms with Gasteiger partial charge in [-0.2, -0.15) is 0 Å². The van der Waals surface area contributed by atoms with Gasteiger partial charge in [-0.1, -0.05) is 12.1 Å². The molecule has 2 N–H and O–H groups in total. The van der Waals surface area contributed by atoms with E-state index in [2.05, 4.69) is 16.4 Å². The summed E-state index contributed by atoms with van der Waals surface area (Å²) in [5.41, 5.74) is 4.51. The molecule has 0 atom stereocenters. The highest BCUT2D eigenvalue weighted by Crippen LogP contribution is 2.38. The first-order chi connectivity index (χ1) is 15.3. The van der Waals surface area contributed by atoms with Crippen LogP contribution < -0.4 is 14.8 Å². The number of amides is 2. The van der Waals surface area contributed by atoms with Gasteiger partial charge in [-0.3, -0.25) is 0 Å². The number of aromatic nitrogens is 1. The Morgan fingerprint density at radius 2 is 1.84 bits per heavy atom. The van der Waals surface area contributed by atoms with Gasteiger partial charge in [0.05, 0.1) is 18.0 Å². The molecule has 1 heterocycles. The lowest BCUT2D eigenvalue weighted by Crippen LogP contribution is -2.33. The summed E-state index contributed by atoms with van der Waals surface area (Å²) in [4.78, 5) is 16.7. The zero-order valence-electron chi connectivity index (χ0n) is 18.4. The van der Waals surface area contributed by atoms with Crippen LogP contribution in [0.1, 0.15) is 43.2 Å². The number of ether oxygens (including phenoxy) is 2. The number of hydrogen-bond acceptors (Lipinski definition) is 6. The average Bonchev–Trinajstić information content (AvgIpc) is 3.23. The number of benzene rings is 1. The number of urea groups is 1. The van der Waals surface area contributed by atoms with Gasteiger partial charge < -0.3 is 14.8 Å². The number of methoxy groups -OCH3 is 1. The topological polar surface area (TPSA) is 107 Å². The second-order valence-electron chi connectivity index (χ2n) is 8.44. The number of sulfonamides is 1. The molecule has 8 nitrogen and oxygen atoms in total. The van der Waals surface area contributed by atoms with Gasteiger partial charge in [-0.05, 0) is 67.7 Å². The van der Waals surface area contributed by atoms with Crippen molar-refractivity contribution in [1.29, 1.82) is 0 Å². The van der Waals surface area contributed by atoms with E-state index in [1.54, 1.807) is 13.3 Å². The molecule has 0 spiro atoms. The number of aryl methyl sites for hydroxylation is 1. The molecule has 0 aliphatic heterocycles. The van der Waals surface area contributed by atoms with Crippen LogP contribution in [-0.4, -0.2) is 45.0 Å². The molecule has 1 fully saturated rings. The van der Waals surface area contributed by atoms with Crippen molar-refractivity contribution in [1.82, 2.24) is 9.71 Å². The Labute approximate surface area is 188 Å². The molecule has 0 radical (unpaired) electrons. The minimum atomic E-state index is -3.67. The highest BCUT2D eigenvalue weighted by molar-refractivity contribution is 7.89. The number of carbonyl (C=O) groups excluding carboxylic acids is 1. The molecular formula is C23H29N3O5S. The van der Waals surface area contributed by atoms with Crippen molar-refractivity contribution in [3.63, 3.8) is 0 Å². The lowest BCUT2D eigenvalue weighted by atomic mass is 9.95. The lowest BCUT2D eigenvalue weighted by molar-refractivity contribution is 0.0314. The Morgan fingerprint density at radius 1 is 1.09 bits per heavy atom. The number of fused-ring (bicyclic) bond motifs is 1. The molecule has 0 bridgehead atoms. The third-order valence-corrected chi connectivity index (χ3v) is 6.64. The van der Waals surface area contributed by atoms with Crippen molar-refractivity contribution < 1.29 is 22.7 Å². The summed E-state index contributed by atoms with van der Waals surface area (Å²) in [7, 11) is -1.92. The number of hydrogen-bond donors (Lipinski definition) is 2. The number of pyridine rings is 1. The molecule has 2 aromatic rings. The summed E-state index contributed by atoms with van der Waals surface area (Å²) in [5.74, 6) is 0.537. The molecule has 9 heteroatoms. The first-order valence-electron chi connectivity index (χ1n) is 10.9. The standard InChI is InChI=1S/C23H29N3O5S/c1-30-17-7-9-18(10-8-17)31-21-14-16(12-13-24-21)20-11-6-15-4-3-5-19(15)22(20)25-23(27)26-32(2,28)29/h6,11-14,17-18H,3-5,7-10H2,1-2H3,(H2,25,26,27)/t17-,18-. The Hall–Kier alpha value is -2.65. The van der Waals surface area contributed by atoms with E-state index in [4.69, 9.17) is 9.47 Å². The van der Waals surface area contributed by atoms with E-state index in [0.29, 0.717) is 17.7 Å². The van der Waals surface area contributed by atoms with Gasteiger partial charge in [0, 0.05) is 24.9 Å². The van der Waals surface area contributed by atoms with Crippen molar-refractivity contribution in [3.05, 3.63) is 41.6 Å². The molecule has 1 aromatic heterocycles. The maximum absolute atomic E-state index is 12.3. The second kappa shape index (κ2) is 9.46. The van der Waals surface area contributed by atoms with Crippen LogP contribution in [-0.2, 0) is 27.6 Å². The second-order valence-corrected chi connectivity index (χ2v) is 10.2. The highest BCUT2D eigenvalue weighted by atomic mass is 32.2. The van der Waals surface area contributed by atoms with Gasteiger partial charge in [0.2, 0.25) is 15.9 Å². The van der Waals surface area contributed by atoms with Crippen molar-refractivity contribution in [2.75, 3.05) is 18.7 Å². The molecule has 1 saturated carbocycles. The fourth-order valence-electron chi connectivity index (χ4n) is 4.56. The average molecular weight is 460 g/mol. The van der Waals surface area contributed by atoms with Gasteiger partial charge in [-0.15, -0.1) is 0 Å². The normalized spacial score (nSPS) is 20.4. The van der Waals surface area contributed by atoms with Gasteiger partial charge in [0.15, 0.2) is 0 Å². The fourth-order valence-corrected chi connectivity index (χ4v) is 4.94. The predicted molar refractivity (Wildman–Crippen MR) is 122 cm³/mol. The summed E-state index contributed by atoms with van der Waals surface area (Å²) in [6, 6.07) is 7.01. The van der Waals surface area contributed by atoms with E-state index in [-0.39, 0.29) is 6.10 Å². The first kappa shape index (κ1) is 22.5. The minimum absolute atomic E-state index is 0.0994. The van der Waals surface area contributed by atoms with E-state index in [0.717, 1.165) is 67.9 Å². The number of rotatable bonds is 6. The van der Waals surface area contributed by atoms with Gasteiger partial charge in [0.25, 0.3) is 0 Å². The summed E-state index contributed by atoms with van der Waals surface area (Å²) in [6.45, 7) is 0. The van der Waals surface area contributed by atoms with E-state index >= 15 is 0 Å². The maximum atomic E-state index is 12.3. The van der Waals surface area contributed by atoms with Crippen LogP contribution in [0, 0.1) is 0 Å². The van der Waals surface area contributed by atoms with Crippen molar-refractivity contribution in [2.24, 2.45) is 0 Å². The summed E-state index contributed by atoms with van der Waals surface area (Å²) < 4.78 is 36.5. The van der Waals surface area contributed by atoms with Crippen LogP contribution in [0.3, 0.4) is 0 Å². The van der Waals surface area contributed by atoms with Crippen molar-refractivity contribution >= 4 is 21.7 Å². The summed E-state index contributed by atoms with van der Waals surface area (Å²) >= 11 is 0. The quantitative estimate of drug-likeness (QED) is 0.683. The zero-order valence-corrected chi connectivity index (χ0v) is 19.2. The Morgan fingerprint density at radius 3 is 2.56 bits per heavy atom. The molecule has 1 aromatic carbocycles. The SMILES string of the molecule is CO[C@H]1CC[C@H](Oc2cc(-c3ccc4c(c3NC(=O)NS(C)(=O)=O)CCC4)ccn2)CC1. The summed E-state index contributed by atoms with van der Waals surface area (Å²) in [6.07, 6.45) is 9.58. The third-order valence-electron chi connectivity index (χ3n) is 6.09. The fraction of sp³-hybridized carbons (Fsp3) is 0.478. The minimum Gasteiger partial charge on any atom is -0.474 e. The van der Waals surface area contributed by atoms with Crippen LogP contribution in [0.25, 0.3) is 11.1 Å². The number of anilines is 1.